The number of anilines is 1. The van der Waals surface area contributed by atoms with Crippen LogP contribution in [-0.4, -0.2) is 53.2 Å². The standard InChI is InChI=1S/C15H20N2O6S/c1-14(2)20-7-8(21-14)10-12(23-15(3,4)22-10)19-9(7)11(18)17-13-16-5-6-24-13/h5-10,12H,1-4H3,(H,16,17,18)/t7-,8+,9+,10+,12-/m0/s1. The van der Waals surface area contributed by atoms with Crippen LogP contribution in [0.3, 0.4) is 0 Å². The third-order valence-electron chi connectivity index (χ3n) is 4.08. The van der Waals surface area contributed by atoms with Crippen LogP contribution in [0.15, 0.2) is 11.6 Å². The summed E-state index contributed by atoms with van der Waals surface area (Å²) in [4.78, 5) is 16.7. The second-order valence-corrected chi connectivity index (χ2v) is 7.81. The number of ether oxygens (including phenoxy) is 5. The second-order valence-electron chi connectivity index (χ2n) is 6.92. The van der Waals surface area contributed by atoms with Gasteiger partial charge in [0.2, 0.25) is 0 Å². The van der Waals surface area contributed by atoms with E-state index in [1.807, 2.05) is 0 Å². The zero-order valence-corrected chi connectivity index (χ0v) is 14.7. The van der Waals surface area contributed by atoms with Gasteiger partial charge in [0, 0.05) is 11.6 Å². The van der Waals surface area contributed by atoms with Crippen LogP contribution < -0.4 is 5.32 Å². The molecule has 0 bridgehead atoms. The highest BCUT2D eigenvalue weighted by atomic mass is 32.1. The monoisotopic (exact) mass is 356 g/mol. The van der Waals surface area contributed by atoms with Crippen LogP contribution in [0, 0.1) is 0 Å². The smallest absolute Gasteiger partial charge is 0.258 e. The molecular weight excluding hydrogens is 336 g/mol. The highest BCUT2D eigenvalue weighted by Crippen LogP contribution is 2.44. The number of nitrogens with one attached hydrogen (secondary N) is 1. The van der Waals surface area contributed by atoms with Crippen LogP contribution in [0.1, 0.15) is 27.7 Å². The predicted molar refractivity (Wildman–Crippen MR) is 83.3 cm³/mol. The Morgan fingerprint density at radius 2 is 1.75 bits per heavy atom. The Morgan fingerprint density at radius 3 is 2.46 bits per heavy atom. The summed E-state index contributed by atoms with van der Waals surface area (Å²) in [5.41, 5.74) is 0. The van der Waals surface area contributed by atoms with Crippen LogP contribution >= 0.6 is 11.3 Å². The summed E-state index contributed by atoms with van der Waals surface area (Å²) >= 11 is 1.33. The van der Waals surface area contributed by atoms with E-state index in [0.717, 1.165) is 0 Å². The van der Waals surface area contributed by atoms with Crippen molar-refractivity contribution in [2.75, 3.05) is 5.32 Å². The van der Waals surface area contributed by atoms with E-state index in [1.165, 1.54) is 11.3 Å². The zero-order valence-electron chi connectivity index (χ0n) is 13.8. The molecular formula is C15H20N2O6S. The summed E-state index contributed by atoms with van der Waals surface area (Å²) in [6.07, 6.45) is -1.43. The molecule has 3 fully saturated rings. The van der Waals surface area contributed by atoms with Crippen LogP contribution in [-0.2, 0) is 28.5 Å². The molecule has 0 saturated carbocycles. The first-order chi connectivity index (χ1) is 11.2. The van der Waals surface area contributed by atoms with Gasteiger partial charge in [0.1, 0.15) is 18.3 Å². The number of amides is 1. The molecule has 3 aliphatic heterocycles. The van der Waals surface area contributed by atoms with Crippen molar-refractivity contribution in [2.45, 2.75) is 70.0 Å². The van der Waals surface area contributed by atoms with Crippen molar-refractivity contribution in [2.24, 2.45) is 0 Å². The summed E-state index contributed by atoms with van der Waals surface area (Å²) < 4.78 is 29.4. The fraction of sp³-hybridized carbons (Fsp3) is 0.733. The summed E-state index contributed by atoms with van der Waals surface area (Å²) in [5, 5.41) is 5.03. The van der Waals surface area contributed by atoms with Crippen molar-refractivity contribution in [1.29, 1.82) is 0 Å². The molecule has 1 N–H and O–H groups in total. The molecule has 1 aromatic heterocycles. The zero-order chi connectivity index (χ0) is 17.1. The minimum atomic E-state index is -0.876. The largest absolute Gasteiger partial charge is 0.342 e. The minimum absolute atomic E-state index is 0.340. The van der Waals surface area contributed by atoms with Gasteiger partial charge < -0.3 is 23.7 Å². The van der Waals surface area contributed by atoms with Crippen molar-refractivity contribution >= 4 is 22.4 Å². The van der Waals surface area contributed by atoms with Gasteiger partial charge in [0.25, 0.3) is 5.91 Å². The maximum Gasteiger partial charge on any atom is 0.258 e. The number of thiazole rings is 1. The summed E-state index contributed by atoms with van der Waals surface area (Å²) in [6, 6.07) is 0. The van der Waals surface area contributed by atoms with Gasteiger partial charge in [-0.1, -0.05) is 0 Å². The van der Waals surface area contributed by atoms with E-state index in [-0.39, 0.29) is 5.91 Å². The summed E-state index contributed by atoms with van der Waals surface area (Å²) in [5.74, 6) is -1.98. The number of rotatable bonds is 2. The lowest BCUT2D eigenvalue weighted by atomic mass is 9.98. The Labute approximate surface area is 143 Å². The van der Waals surface area contributed by atoms with Gasteiger partial charge in [-0.2, -0.15) is 0 Å². The molecule has 4 heterocycles. The molecule has 0 unspecified atom stereocenters. The van der Waals surface area contributed by atoms with Gasteiger partial charge in [0.05, 0.1) is 0 Å². The van der Waals surface area contributed by atoms with Gasteiger partial charge in [-0.15, -0.1) is 11.3 Å². The molecule has 3 aliphatic rings. The average molecular weight is 356 g/mol. The van der Waals surface area contributed by atoms with Crippen molar-refractivity contribution in [1.82, 2.24) is 4.98 Å². The Balaban J connectivity index is 1.59. The molecule has 4 rings (SSSR count). The van der Waals surface area contributed by atoms with Crippen LogP contribution in [0.25, 0.3) is 0 Å². The number of carbonyl (C=O) groups is 1. The van der Waals surface area contributed by atoms with E-state index in [2.05, 4.69) is 10.3 Å². The van der Waals surface area contributed by atoms with E-state index < -0.39 is 42.3 Å². The molecule has 5 atom stereocenters. The Kier molecular flexibility index (Phi) is 3.72. The average Bonchev–Trinajstić information content (AvgIpc) is 3.13. The quantitative estimate of drug-likeness (QED) is 0.858. The normalized spacial score (nSPS) is 39.2. The second kappa shape index (κ2) is 5.45. The van der Waals surface area contributed by atoms with Crippen LogP contribution in [0.2, 0.25) is 0 Å². The Morgan fingerprint density at radius 1 is 1.08 bits per heavy atom. The van der Waals surface area contributed by atoms with Gasteiger partial charge in [-0.05, 0) is 27.7 Å². The number of hydrogen-bond donors (Lipinski definition) is 1. The number of fused-ring (bicyclic) bond motifs is 3. The summed E-state index contributed by atoms with van der Waals surface area (Å²) in [6.45, 7) is 7.21. The molecule has 24 heavy (non-hydrogen) atoms. The van der Waals surface area contributed by atoms with Crippen molar-refractivity contribution < 1.29 is 28.5 Å². The third-order valence-corrected chi connectivity index (χ3v) is 4.76. The maximum atomic E-state index is 12.7. The van der Waals surface area contributed by atoms with Gasteiger partial charge >= 0.3 is 0 Å². The molecule has 132 valence electrons. The lowest BCUT2D eigenvalue weighted by Gasteiger charge is -2.36. The van der Waals surface area contributed by atoms with Crippen molar-refractivity contribution in [3.05, 3.63) is 11.6 Å². The number of hydrogen-bond acceptors (Lipinski definition) is 8. The van der Waals surface area contributed by atoms with E-state index in [9.17, 15) is 4.79 Å². The lowest BCUT2D eigenvalue weighted by molar-refractivity contribution is -0.229. The fourth-order valence-corrected chi connectivity index (χ4v) is 3.82. The molecule has 1 aromatic rings. The van der Waals surface area contributed by atoms with E-state index in [1.54, 1.807) is 39.3 Å². The topological polar surface area (TPSA) is 88.1 Å². The van der Waals surface area contributed by atoms with Crippen molar-refractivity contribution in [3.63, 3.8) is 0 Å². The molecule has 0 aliphatic carbocycles. The maximum absolute atomic E-state index is 12.7. The van der Waals surface area contributed by atoms with E-state index in [0.29, 0.717) is 5.13 Å². The minimum Gasteiger partial charge on any atom is -0.342 e. The molecule has 0 radical (unpaired) electrons. The highest BCUT2D eigenvalue weighted by molar-refractivity contribution is 7.13. The molecule has 8 nitrogen and oxygen atoms in total. The Bertz CT molecular complexity index is 634. The van der Waals surface area contributed by atoms with E-state index in [4.69, 9.17) is 23.7 Å². The molecule has 3 saturated heterocycles. The number of aromatic nitrogens is 1. The lowest BCUT2D eigenvalue weighted by Crippen LogP contribution is -2.58. The van der Waals surface area contributed by atoms with Crippen LogP contribution in [0.5, 0.6) is 0 Å². The first kappa shape index (κ1) is 16.4. The molecule has 1 amide bonds. The highest BCUT2D eigenvalue weighted by Gasteiger charge is 2.62. The number of carbonyl (C=O) groups excluding carboxylic acids is 1. The fourth-order valence-electron chi connectivity index (χ4n) is 3.29. The molecule has 0 spiro atoms. The number of nitrogens with zero attached hydrogens (tertiary/aromatic N) is 1. The summed E-state index contributed by atoms with van der Waals surface area (Å²) in [7, 11) is 0. The van der Waals surface area contributed by atoms with E-state index >= 15 is 0 Å². The van der Waals surface area contributed by atoms with Gasteiger partial charge in [-0.25, -0.2) is 4.98 Å². The first-order valence-electron chi connectivity index (χ1n) is 7.81. The van der Waals surface area contributed by atoms with Crippen LogP contribution in [0.4, 0.5) is 5.13 Å². The predicted octanol–water partition coefficient (Wildman–Crippen LogP) is 1.48. The molecule has 0 aromatic carbocycles. The third kappa shape index (κ3) is 2.85. The van der Waals surface area contributed by atoms with Crippen molar-refractivity contribution in [3.8, 4) is 0 Å². The first-order valence-corrected chi connectivity index (χ1v) is 8.69. The van der Waals surface area contributed by atoms with Gasteiger partial charge in [0.15, 0.2) is 29.1 Å². The SMILES string of the molecule is CC1(C)O[C@@H]2O[C@@H](C(=O)Nc3nccs3)[C@H]3OC(C)(C)O[C@H]3[C@H]2O1. The Hall–Kier alpha value is -1.10. The van der Waals surface area contributed by atoms with Gasteiger partial charge in [-0.3, -0.25) is 10.1 Å². The molecule has 9 heteroatoms.